The van der Waals surface area contributed by atoms with Crippen molar-refractivity contribution in [1.29, 1.82) is 0 Å². The molecule has 0 aliphatic heterocycles. The average Bonchev–Trinajstić information content (AvgIpc) is 2.89. The number of aliphatic hydroxyl groups is 2. The Morgan fingerprint density at radius 1 is 0.778 bits per heavy atom. The molecule has 0 aliphatic rings. The summed E-state index contributed by atoms with van der Waals surface area (Å²) < 4.78 is 0. The molecule has 0 amide bonds. The van der Waals surface area contributed by atoms with E-state index in [4.69, 9.17) is 5.11 Å². The molecule has 7 heteroatoms. The number of aliphatic hydroxyl groups excluding tert-OH is 2. The molecule has 6 nitrogen and oxygen atoms in total. The smallest absolute Gasteiger partial charge is 0.335 e. The molecule has 36 heavy (non-hydrogen) atoms. The molecule has 3 aromatic rings. The van der Waals surface area contributed by atoms with Gasteiger partial charge in [0, 0.05) is 5.41 Å². The number of carbonyl (C=O) groups is 1. The van der Waals surface area contributed by atoms with Crippen LogP contribution in [0.5, 0.6) is 0 Å². The highest BCUT2D eigenvalue weighted by Crippen LogP contribution is 2.46. The molecular formula is C29H40O6P+. The summed E-state index contributed by atoms with van der Waals surface area (Å²) >= 11 is 0. The van der Waals surface area contributed by atoms with Crippen molar-refractivity contribution in [3.8, 4) is 0 Å². The van der Waals surface area contributed by atoms with E-state index in [-0.39, 0.29) is 5.41 Å². The van der Waals surface area contributed by atoms with Crippen LogP contribution in [0.15, 0.2) is 91.0 Å². The van der Waals surface area contributed by atoms with Gasteiger partial charge in [-0.15, -0.1) is 0 Å². The standard InChI is InChI=1S/C12H12O2P.C10H22O2.C7H6O2/c13-15(14,11-7-3-1-4-8-11)12-9-5-2-6-10-12;1-5-6-7-10(4,8(2)11)9(3)12;8-7(9)6-4-2-1-3-5-6/h1-10,13-14H;8-9,11-12H,5-7H2,1-4H3;1-5H,(H,8,9)/q+1;;. The number of carboxylic acid groups (broad SMARTS) is 1. The number of hydrogen-bond acceptors (Lipinski definition) is 5. The molecular weight excluding hydrogens is 475 g/mol. The Kier molecular flexibility index (Phi) is 13.5. The Balaban J connectivity index is 0.000000280. The van der Waals surface area contributed by atoms with Gasteiger partial charge in [0.2, 0.25) is 0 Å². The predicted octanol–water partition coefficient (Wildman–Crippen LogP) is 4.80. The third-order valence-corrected chi connectivity index (χ3v) is 8.27. The Labute approximate surface area is 215 Å². The van der Waals surface area contributed by atoms with Crippen LogP contribution in [-0.2, 0) is 0 Å². The van der Waals surface area contributed by atoms with Crippen molar-refractivity contribution in [2.45, 2.75) is 59.2 Å². The summed E-state index contributed by atoms with van der Waals surface area (Å²) in [7, 11) is -3.15. The molecule has 0 radical (unpaired) electrons. The molecule has 0 aliphatic carbocycles. The number of unbranched alkanes of at least 4 members (excludes halogenated alkanes) is 1. The fourth-order valence-corrected chi connectivity index (χ4v) is 4.80. The van der Waals surface area contributed by atoms with Crippen molar-refractivity contribution in [1.82, 2.24) is 0 Å². The van der Waals surface area contributed by atoms with Gasteiger partial charge < -0.3 is 15.3 Å². The Hall–Kier alpha value is -2.60. The predicted molar refractivity (Wildman–Crippen MR) is 148 cm³/mol. The van der Waals surface area contributed by atoms with E-state index in [1.807, 2.05) is 19.1 Å². The van der Waals surface area contributed by atoms with Crippen LogP contribution in [0.3, 0.4) is 0 Å². The van der Waals surface area contributed by atoms with Crippen LogP contribution in [0.1, 0.15) is 57.3 Å². The molecule has 0 heterocycles. The van der Waals surface area contributed by atoms with Gasteiger partial charge in [0.1, 0.15) is 0 Å². The van der Waals surface area contributed by atoms with Gasteiger partial charge in [-0.2, -0.15) is 0 Å². The summed E-state index contributed by atoms with van der Waals surface area (Å²) in [5, 5.41) is 28.6. The largest absolute Gasteiger partial charge is 0.478 e. The molecule has 0 bridgehead atoms. The fourth-order valence-electron chi connectivity index (χ4n) is 3.33. The van der Waals surface area contributed by atoms with Crippen LogP contribution in [0.4, 0.5) is 0 Å². The van der Waals surface area contributed by atoms with Crippen molar-refractivity contribution in [3.63, 3.8) is 0 Å². The monoisotopic (exact) mass is 515 g/mol. The molecule has 3 aromatic carbocycles. The zero-order valence-electron chi connectivity index (χ0n) is 21.5. The van der Waals surface area contributed by atoms with Gasteiger partial charge >= 0.3 is 13.7 Å². The maximum Gasteiger partial charge on any atom is 0.335 e. The molecule has 2 atom stereocenters. The maximum atomic E-state index is 10.2. The zero-order valence-corrected chi connectivity index (χ0v) is 22.4. The molecule has 2 unspecified atom stereocenters. The SMILES string of the molecule is CCCCC(C)(C(C)O)C(C)O.O=C(O)c1ccccc1.O[P+](O)(c1ccccc1)c1ccccc1. The van der Waals surface area contributed by atoms with Gasteiger partial charge in [-0.25, -0.2) is 14.6 Å². The first-order valence-electron chi connectivity index (χ1n) is 12.1. The summed E-state index contributed by atoms with van der Waals surface area (Å²) in [6.45, 7) is 7.56. The van der Waals surface area contributed by atoms with E-state index in [0.29, 0.717) is 16.2 Å². The van der Waals surface area contributed by atoms with E-state index in [0.717, 1.165) is 19.3 Å². The van der Waals surface area contributed by atoms with Crippen molar-refractivity contribution in [3.05, 3.63) is 96.6 Å². The van der Waals surface area contributed by atoms with Gasteiger partial charge in [-0.1, -0.05) is 81.3 Å². The minimum absolute atomic E-state index is 0.331. The van der Waals surface area contributed by atoms with E-state index in [2.05, 4.69) is 6.92 Å². The van der Waals surface area contributed by atoms with Crippen LogP contribution in [0.2, 0.25) is 0 Å². The van der Waals surface area contributed by atoms with E-state index < -0.39 is 25.9 Å². The molecule has 0 saturated heterocycles. The van der Waals surface area contributed by atoms with Gasteiger partial charge in [0.25, 0.3) is 0 Å². The fraction of sp³-hybridized carbons (Fsp3) is 0.345. The van der Waals surface area contributed by atoms with Crippen LogP contribution in [0.25, 0.3) is 0 Å². The highest BCUT2D eigenvalue weighted by Gasteiger charge is 2.39. The summed E-state index contributed by atoms with van der Waals surface area (Å²) in [5.74, 6) is -0.879. The average molecular weight is 516 g/mol. The lowest BCUT2D eigenvalue weighted by Gasteiger charge is -2.35. The van der Waals surface area contributed by atoms with Gasteiger partial charge in [0.15, 0.2) is 10.6 Å². The molecule has 0 saturated carbocycles. The highest BCUT2D eigenvalue weighted by molar-refractivity contribution is 7.79. The molecule has 3 rings (SSSR count). The van der Waals surface area contributed by atoms with Crippen molar-refractivity contribution in [2.75, 3.05) is 0 Å². The number of rotatable bonds is 8. The summed E-state index contributed by atoms with van der Waals surface area (Å²) in [4.78, 5) is 30.4. The first kappa shape index (κ1) is 31.4. The van der Waals surface area contributed by atoms with Crippen LogP contribution in [-0.4, -0.2) is 43.3 Å². The summed E-state index contributed by atoms with van der Waals surface area (Å²) in [6.07, 6.45) is 2.17. The summed E-state index contributed by atoms with van der Waals surface area (Å²) in [5.41, 5.74) is -0.00627. The topological polar surface area (TPSA) is 118 Å². The maximum absolute atomic E-state index is 10.2. The van der Waals surface area contributed by atoms with Gasteiger partial charge in [0.05, 0.1) is 17.8 Å². The van der Waals surface area contributed by atoms with E-state index >= 15 is 0 Å². The lowest BCUT2D eigenvalue weighted by Crippen LogP contribution is -2.39. The van der Waals surface area contributed by atoms with E-state index in [1.54, 1.807) is 92.7 Å². The van der Waals surface area contributed by atoms with Crippen molar-refractivity contribution in [2.24, 2.45) is 5.41 Å². The van der Waals surface area contributed by atoms with Crippen LogP contribution < -0.4 is 10.6 Å². The number of aromatic carboxylic acids is 1. The lowest BCUT2D eigenvalue weighted by atomic mass is 9.76. The third kappa shape index (κ3) is 9.81. The third-order valence-electron chi connectivity index (χ3n) is 6.23. The Bertz CT molecular complexity index is 943. The van der Waals surface area contributed by atoms with Gasteiger partial charge in [-0.3, -0.25) is 0 Å². The van der Waals surface area contributed by atoms with Crippen molar-refractivity contribution >= 4 is 24.3 Å². The Morgan fingerprint density at radius 2 is 1.14 bits per heavy atom. The Morgan fingerprint density at radius 3 is 1.42 bits per heavy atom. The first-order valence-corrected chi connectivity index (χ1v) is 13.8. The first-order chi connectivity index (χ1) is 17.0. The van der Waals surface area contributed by atoms with Crippen LogP contribution in [0, 0.1) is 5.41 Å². The van der Waals surface area contributed by atoms with Crippen LogP contribution >= 0.6 is 7.72 Å². The second kappa shape index (κ2) is 15.5. The lowest BCUT2D eigenvalue weighted by molar-refractivity contribution is -0.0481. The number of benzene rings is 3. The quantitative estimate of drug-likeness (QED) is 0.275. The second-order valence-corrected chi connectivity index (χ2v) is 11.1. The minimum atomic E-state index is -3.15. The molecule has 0 spiro atoms. The van der Waals surface area contributed by atoms with E-state index in [9.17, 15) is 24.8 Å². The molecule has 0 fully saturated rings. The highest BCUT2D eigenvalue weighted by atomic mass is 31.2. The number of carboxylic acids is 1. The molecule has 0 aromatic heterocycles. The second-order valence-electron chi connectivity index (χ2n) is 8.90. The molecule has 5 N–H and O–H groups in total. The minimum Gasteiger partial charge on any atom is -0.478 e. The van der Waals surface area contributed by atoms with Gasteiger partial charge in [-0.05, 0) is 56.7 Å². The van der Waals surface area contributed by atoms with E-state index in [1.165, 1.54) is 0 Å². The summed E-state index contributed by atoms with van der Waals surface area (Å²) in [6, 6.07) is 26.2. The normalized spacial score (nSPS) is 14.1. The zero-order chi connectivity index (χ0) is 27.2. The molecule has 196 valence electrons. The van der Waals surface area contributed by atoms with Crippen molar-refractivity contribution < 1.29 is 29.9 Å². The number of hydrogen-bond donors (Lipinski definition) is 5.